The SMILES string of the molecule is CCC[C@@H](NC(=O)[C@H](C)Sc1ccc(S(=O)(=O)N2CCN(C)CC2)cn1)c1ccccc1. The van der Waals surface area contributed by atoms with Crippen LogP contribution >= 0.6 is 11.8 Å². The first-order valence-electron chi connectivity index (χ1n) is 11.0. The predicted octanol–water partition coefficient (Wildman–Crippen LogP) is 3.16. The monoisotopic (exact) mass is 476 g/mol. The number of piperazine rings is 1. The van der Waals surface area contributed by atoms with Gasteiger partial charge in [0.25, 0.3) is 0 Å². The minimum atomic E-state index is -3.54. The maximum absolute atomic E-state index is 12.8. The highest BCUT2D eigenvalue weighted by Crippen LogP contribution is 2.25. The first kappa shape index (κ1) is 24.7. The summed E-state index contributed by atoms with van der Waals surface area (Å²) in [5, 5.41) is 3.41. The van der Waals surface area contributed by atoms with Gasteiger partial charge in [0, 0.05) is 32.4 Å². The molecule has 0 radical (unpaired) electrons. The number of benzene rings is 1. The van der Waals surface area contributed by atoms with Crippen molar-refractivity contribution in [2.75, 3.05) is 33.2 Å². The van der Waals surface area contributed by atoms with Crippen LogP contribution in [0.15, 0.2) is 58.6 Å². The zero-order chi connectivity index (χ0) is 23.1. The quantitative estimate of drug-likeness (QED) is 0.560. The van der Waals surface area contributed by atoms with Gasteiger partial charge in [-0.2, -0.15) is 4.31 Å². The molecule has 1 aromatic heterocycles. The molecule has 2 aromatic rings. The molecule has 1 saturated heterocycles. The number of amides is 1. The van der Waals surface area contributed by atoms with E-state index >= 15 is 0 Å². The van der Waals surface area contributed by atoms with E-state index in [0.717, 1.165) is 31.5 Å². The zero-order valence-electron chi connectivity index (χ0n) is 18.9. The van der Waals surface area contributed by atoms with Gasteiger partial charge in [-0.05, 0) is 38.1 Å². The van der Waals surface area contributed by atoms with Crippen molar-refractivity contribution < 1.29 is 13.2 Å². The Morgan fingerprint density at radius 3 is 2.41 bits per heavy atom. The lowest BCUT2D eigenvalue weighted by Gasteiger charge is -2.31. The maximum Gasteiger partial charge on any atom is 0.244 e. The number of thioether (sulfide) groups is 1. The van der Waals surface area contributed by atoms with Crippen LogP contribution in [0.5, 0.6) is 0 Å². The van der Waals surface area contributed by atoms with Gasteiger partial charge in [0.1, 0.15) is 4.90 Å². The summed E-state index contributed by atoms with van der Waals surface area (Å²) in [6.07, 6.45) is 3.22. The van der Waals surface area contributed by atoms with Crippen LogP contribution in [0, 0.1) is 0 Å². The smallest absolute Gasteiger partial charge is 0.244 e. The number of nitrogens with zero attached hydrogens (tertiary/aromatic N) is 3. The maximum atomic E-state index is 12.8. The fourth-order valence-electron chi connectivity index (χ4n) is 3.59. The number of hydrogen-bond donors (Lipinski definition) is 1. The van der Waals surface area contributed by atoms with E-state index in [9.17, 15) is 13.2 Å². The van der Waals surface area contributed by atoms with Gasteiger partial charge in [-0.25, -0.2) is 13.4 Å². The summed E-state index contributed by atoms with van der Waals surface area (Å²) in [5.41, 5.74) is 1.09. The highest BCUT2D eigenvalue weighted by atomic mass is 32.2. The molecule has 0 bridgehead atoms. The number of likely N-dealkylation sites (N-methyl/N-ethyl adjacent to an activating group) is 1. The molecule has 9 heteroatoms. The van der Waals surface area contributed by atoms with Gasteiger partial charge in [-0.3, -0.25) is 4.79 Å². The molecule has 1 N–H and O–H groups in total. The van der Waals surface area contributed by atoms with E-state index in [2.05, 4.69) is 22.1 Å². The highest BCUT2D eigenvalue weighted by molar-refractivity contribution is 8.00. The van der Waals surface area contributed by atoms with E-state index in [-0.39, 0.29) is 22.1 Å². The third kappa shape index (κ3) is 6.31. The van der Waals surface area contributed by atoms with Crippen LogP contribution < -0.4 is 5.32 Å². The molecule has 1 aromatic carbocycles. The van der Waals surface area contributed by atoms with Crippen LogP contribution in [0.25, 0.3) is 0 Å². The van der Waals surface area contributed by atoms with Crippen molar-refractivity contribution in [2.45, 2.75) is 47.9 Å². The molecular weight excluding hydrogens is 444 g/mol. The second kappa shape index (κ2) is 11.3. The van der Waals surface area contributed by atoms with E-state index in [0.29, 0.717) is 18.1 Å². The average molecular weight is 477 g/mol. The molecule has 0 unspecified atom stereocenters. The van der Waals surface area contributed by atoms with Gasteiger partial charge in [0.05, 0.1) is 16.3 Å². The summed E-state index contributed by atoms with van der Waals surface area (Å²) in [4.78, 5) is 19.4. The summed E-state index contributed by atoms with van der Waals surface area (Å²) in [6.45, 7) is 6.33. The van der Waals surface area contributed by atoms with Gasteiger partial charge in [0.2, 0.25) is 15.9 Å². The summed E-state index contributed by atoms with van der Waals surface area (Å²) >= 11 is 1.32. The normalized spacial score (nSPS) is 17.6. The Morgan fingerprint density at radius 1 is 1.12 bits per heavy atom. The summed E-state index contributed by atoms with van der Waals surface area (Å²) in [7, 11) is -1.56. The van der Waals surface area contributed by atoms with E-state index in [1.165, 1.54) is 22.3 Å². The number of carbonyl (C=O) groups is 1. The molecule has 3 rings (SSSR count). The van der Waals surface area contributed by atoms with Crippen molar-refractivity contribution in [3.8, 4) is 0 Å². The van der Waals surface area contributed by atoms with Crippen LogP contribution in [0.2, 0.25) is 0 Å². The number of hydrogen-bond acceptors (Lipinski definition) is 6. The van der Waals surface area contributed by atoms with Crippen molar-refractivity contribution in [3.63, 3.8) is 0 Å². The molecule has 2 heterocycles. The minimum Gasteiger partial charge on any atom is -0.348 e. The molecule has 1 amide bonds. The summed E-state index contributed by atoms with van der Waals surface area (Å²) in [5.74, 6) is -0.0618. The molecular formula is C23H32N4O3S2. The molecule has 7 nitrogen and oxygen atoms in total. The van der Waals surface area contributed by atoms with Crippen LogP contribution in [0.4, 0.5) is 0 Å². The molecule has 32 heavy (non-hydrogen) atoms. The molecule has 0 saturated carbocycles. The fourth-order valence-corrected chi connectivity index (χ4v) is 5.75. The second-order valence-electron chi connectivity index (χ2n) is 8.06. The van der Waals surface area contributed by atoms with Crippen LogP contribution in [-0.2, 0) is 14.8 Å². The van der Waals surface area contributed by atoms with Gasteiger partial charge in [-0.1, -0.05) is 55.4 Å². The van der Waals surface area contributed by atoms with E-state index < -0.39 is 10.0 Å². The van der Waals surface area contributed by atoms with Gasteiger partial charge in [0.15, 0.2) is 0 Å². The number of sulfonamides is 1. The van der Waals surface area contributed by atoms with E-state index in [1.807, 2.05) is 44.3 Å². The van der Waals surface area contributed by atoms with Gasteiger partial charge < -0.3 is 10.2 Å². The molecule has 1 aliphatic heterocycles. The topological polar surface area (TPSA) is 82.6 Å². The first-order chi connectivity index (χ1) is 15.3. The first-order valence-corrected chi connectivity index (χ1v) is 13.3. The standard InChI is InChI=1S/C23H32N4O3S2/c1-4-8-21(19-9-6-5-7-10-19)25-23(28)18(2)31-22-12-11-20(17-24-22)32(29,30)27-15-13-26(3)14-16-27/h5-7,9-12,17-18,21H,4,8,13-16H2,1-3H3,(H,25,28)/t18-,21+/m0/s1. The Kier molecular flexibility index (Phi) is 8.70. The van der Waals surface area contributed by atoms with Gasteiger partial charge >= 0.3 is 0 Å². The Morgan fingerprint density at radius 2 is 1.81 bits per heavy atom. The second-order valence-corrected chi connectivity index (χ2v) is 11.4. The molecule has 1 fully saturated rings. The van der Waals surface area contributed by atoms with E-state index in [4.69, 9.17) is 0 Å². The third-order valence-electron chi connectivity index (χ3n) is 5.57. The number of nitrogens with one attached hydrogen (secondary N) is 1. The molecule has 174 valence electrons. The Hall–Kier alpha value is -1.94. The van der Waals surface area contributed by atoms with Crippen LogP contribution in [-0.4, -0.2) is 67.0 Å². The fraction of sp³-hybridized carbons (Fsp3) is 0.478. The van der Waals surface area contributed by atoms with Crippen molar-refractivity contribution >= 4 is 27.7 Å². The zero-order valence-corrected chi connectivity index (χ0v) is 20.5. The van der Waals surface area contributed by atoms with Gasteiger partial charge in [-0.15, -0.1) is 0 Å². The molecule has 0 aliphatic carbocycles. The predicted molar refractivity (Wildman–Crippen MR) is 128 cm³/mol. The largest absolute Gasteiger partial charge is 0.348 e. The number of pyridine rings is 1. The summed E-state index contributed by atoms with van der Waals surface area (Å²) in [6, 6.07) is 13.2. The van der Waals surface area contributed by atoms with Crippen LogP contribution in [0.1, 0.15) is 38.3 Å². The third-order valence-corrected chi connectivity index (χ3v) is 8.50. The van der Waals surface area contributed by atoms with Crippen molar-refractivity contribution in [1.29, 1.82) is 0 Å². The number of carbonyl (C=O) groups excluding carboxylic acids is 1. The molecule has 1 aliphatic rings. The average Bonchev–Trinajstić information content (AvgIpc) is 2.80. The van der Waals surface area contributed by atoms with Crippen LogP contribution in [0.3, 0.4) is 0 Å². The van der Waals surface area contributed by atoms with E-state index in [1.54, 1.807) is 12.1 Å². The molecule has 0 spiro atoms. The number of rotatable bonds is 9. The Balaban J connectivity index is 1.61. The highest BCUT2D eigenvalue weighted by Gasteiger charge is 2.28. The van der Waals surface area contributed by atoms with Crippen molar-refractivity contribution in [3.05, 3.63) is 54.2 Å². The molecule has 2 atom stereocenters. The lowest BCUT2D eigenvalue weighted by molar-refractivity contribution is -0.121. The summed E-state index contributed by atoms with van der Waals surface area (Å²) < 4.78 is 27.2. The lowest BCUT2D eigenvalue weighted by atomic mass is 10.0. The van der Waals surface area contributed by atoms with Crippen molar-refractivity contribution in [1.82, 2.24) is 19.5 Å². The Labute approximate surface area is 195 Å². The number of aromatic nitrogens is 1. The van der Waals surface area contributed by atoms with Crippen molar-refractivity contribution in [2.24, 2.45) is 0 Å². The lowest BCUT2D eigenvalue weighted by Crippen LogP contribution is -2.47. The minimum absolute atomic E-state index is 0.0270. The Bertz CT molecular complexity index is 976.